The lowest BCUT2D eigenvalue weighted by atomic mass is 9.69. The maximum atomic E-state index is 6.59. The highest BCUT2D eigenvalue weighted by molar-refractivity contribution is 5.37. The van der Waals surface area contributed by atoms with Crippen molar-refractivity contribution >= 4 is 0 Å². The molecule has 2 heteroatoms. The van der Waals surface area contributed by atoms with Crippen LogP contribution in [0.25, 0.3) is 0 Å². The molecule has 1 saturated carbocycles. The van der Waals surface area contributed by atoms with Crippen molar-refractivity contribution in [2.24, 2.45) is 5.73 Å². The molecule has 1 aliphatic heterocycles. The van der Waals surface area contributed by atoms with Crippen LogP contribution in [0.4, 0.5) is 0 Å². The summed E-state index contributed by atoms with van der Waals surface area (Å²) >= 11 is 0. The summed E-state index contributed by atoms with van der Waals surface area (Å²) in [5.74, 6) is 0.710. The first-order chi connectivity index (χ1) is 9.19. The Kier molecular flexibility index (Phi) is 3.64. The van der Waals surface area contributed by atoms with E-state index in [1.165, 1.54) is 44.3 Å². The summed E-state index contributed by atoms with van der Waals surface area (Å²) in [6, 6.07) is 8.96. The third-order valence-electron chi connectivity index (χ3n) is 5.13. The van der Waals surface area contributed by atoms with Crippen molar-refractivity contribution in [3.05, 3.63) is 35.4 Å². The molecule has 0 bridgehead atoms. The summed E-state index contributed by atoms with van der Waals surface area (Å²) in [6.45, 7) is 2.46. The zero-order valence-corrected chi connectivity index (χ0v) is 12.1. The third-order valence-corrected chi connectivity index (χ3v) is 5.13. The van der Waals surface area contributed by atoms with E-state index in [9.17, 15) is 0 Å². The Morgan fingerprint density at radius 3 is 2.63 bits per heavy atom. The van der Waals surface area contributed by atoms with Crippen molar-refractivity contribution in [1.82, 2.24) is 4.90 Å². The minimum absolute atomic E-state index is 0.0190. The van der Waals surface area contributed by atoms with Gasteiger partial charge in [-0.2, -0.15) is 0 Å². The van der Waals surface area contributed by atoms with Crippen molar-refractivity contribution in [3.8, 4) is 0 Å². The van der Waals surface area contributed by atoms with Gasteiger partial charge in [0, 0.05) is 5.54 Å². The molecule has 2 fully saturated rings. The highest BCUT2D eigenvalue weighted by Crippen LogP contribution is 2.43. The molecule has 1 saturated heterocycles. The Labute approximate surface area is 117 Å². The molecule has 0 amide bonds. The molecule has 19 heavy (non-hydrogen) atoms. The number of benzene rings is 1. The lowest BCUT2D eigenvalue weighted by molar-refractivity contribution is 0.250. The highest BCUT2D eigenvalue weighted by atomic mass is 15.1. The van der Waals surface area contributed by atoms with E-state index in [1.807, 2.05) is 0 Å². The number of hydrogen-bond donors (Lipinski definition) is 1. The minimum atomic E-state index is -0.0190. The zero-order chi connectivity index (χ0) is 13.3. The molecular formula is C17H26N2. The maximum absolute atomic E-state index is 6.59. The fourth-order valence-electron chi connectivity index (χ4n) is 3.68. The van der Waals surface area contributed by atoms with E-state index in [0.717, 1.165) is 12.8 Å². The summed E-state index contributed by atoms with van der Waals surface area (Å²) in [5.41, 5.74) is 9.55. The van der Waals surface area contributed by atoms with Crippen molar-refractivity contribution in [2.75, 3.05) is 20.1 Å². The van der Waals surface area contributed by atoms with Gasteiger partial charge in [-0.25, -0.2) is 0 Å². The van der Waals surface area contributed by atoms with E-state index in [4.69, 9.17) is 5.73 Å². The van der Waals surface area contributed by atoms with Gasteiger partial charge in [0.05, 0.1) is 0 Å². The van der Waals surface area contributed by atoms with Crippen LogP contribution >= 0.6 is 0 Å². The van der Waals surface area contributed by atoms with Crippen LogP contribution < -0.4 is 5.73 Å². The Morgan fingerprint density at radius 2 is 1.89 bits per heavy atom. The minimum Gasteiger partial charge on any atom is -0.321 e. The van der Waals surface area contributed by atoms with Gasteiger partial charge in [-0.3, -0.25) is 0 Å². The molecule has 1 aliphatic carbocycles. The van der Waals surface area contributed by atoms with Gasteiger partial charge in [-0.15, -0.1) is 0 Å². The van der Waals surface area contributed by atoms with E-state index in [0.29, 0.717) is 5.92 Å². The summed E-state index contributed by atoms with van der Waals surface area (Å²) in [4.78, 5) is 2.46. The van der Waals surface area contributed by atoms with Gasteiger partial charge in [0.2, 0.25) is 0 Å². The second kappa shape index (κ2) is 5.26. The van der Waals surface area contributed by atoms with Crippen LogP contribution in [0.3, 0.4) is 0 Å². The quantitative estimate of drug-likeness (QED) is 0.882. The standard InChI is InChI=1S/C17H26N2/c1-19-12-4-6-14(9-13-19)15-7-2-3-8-16(15)17(18)10-5-11-17/h2-3,7-8,14H,4-6,9-13,18H2,1H3. The Balaban J connectivity index is 1.87. The SMILES string of the molecule is CN1CCCC(c2ccccc2C2(N)CCC2)CC1. The molecule has 2 nitrogen and oxygen atoms in total. The molecule has 2 N–H and O–H groups in total. The van der Waals surface area contributed by atoms with Crippen molar-refractivity contribution < 1.29 is 0 Å². The van der Waals surface area contributed by atoms with E-state index in [1.54, 1.807) is 5.56 Å². The summed E-state index contributed by atoms with van der Waals surface area (Å²) in [5, 5.41) is 0. The molecule has 2 aliphatic rings. The largest absolute Gasteiger partial charge is 0.321 e. The van der Waals surface area contributed by atoms with Gasteiger partial charge >= 0.3 is 0 Å². The first kappa shape index (κ1) is 13.1. The smallest absolute Gasteiger partial charge is 0.0412 e. The fraction of sp³-hybridized carbons (Fsp3) is 0.647. The van der Waals surface area contributed by atoms with Crippen LogP contribution in [0.5, 0.6) is 0 Å². The predicted molar refractivity (Wildman–Crippen MR) is 80.2 cm³/mol. The van der Waals surface area contributed by atoms with Crippen LogP contribution in [-0.4, -0.2) is 25.0 Å². The van der Waals surface area contributed by atoms with E-state index in [2.05, 4.69) is 36.2 Å². The van der Waals surface area contributed by atoms with E-state index >= 15 is 0 Å². The lowest BCUT2D eigenvalue weighted by Crippen LogP contribution is -2.44. The Bertz CT molecular complexity index is 437. The number of likely N-dealkylation sites (tertiary alicyclic amines) is 1. The van der Waals surface area contributed by atoms with Gasteiger partial charge in [0.15, 0.2) is 0 Å². The van der Waals surface area contributed by atoms with Crippen LogP contribution in [0.1, 0.15) is 55.6 Å². The van der Waals surface area contributed by atoms with Crippen LogP contribution in [0, 0.1) is 0 Å². The number of hydrogen-bond acceptors (Lipinski definition) is 2. The Morgan fingerprint density at radius 1 is 1.11 bits per heavy atom. The lowest BCUT2D eigenvalue weighted by Gasteiger charge is -2.41. The van der Waals surface area contributed by atoms with Crippen molar-refractivity contribution in [1.29, 1.82) is 0 Å². The molecule has 3 rings (SSSR count). The van der Waals surface area contributed by atoms with Crippen LogP contribution in [0.15, 0.2) is 24.3 Å². The van der Waals surface area contributed by atoms with Crippen molar-refractivity contribution in [2.45, 2.75) is 50.0 Å². The average Bonchev–Trinajstić information content (AvgIpc) is 2.61. The third kappa shape index (κ3) is 2.56. The van der Waals surface area contributed by atoms with Gasteiger partial charge in [-0.1, -0.05) is 24.3 Å². The molecule has 104 valence electrons. The molecule has 1 aromatic rings. The van der Waals surface area contributed by atoms with Gasteiger partial charge in [0.25, 0.3) is 0 Å². The molecule has 1 atom stereocenters. The molecule has 1 heterocycles. The molecule has 0 radical (unpaired) electrons. The predicted octanol–water partition coefficient (Wildman–Crippen LogP) is 3.22. The topological polar surface area (TPSA) is 29.3 Å². The second-order valence-corrected chi connectivity index (χ2v) is 6.53. The Hall–Kier alpha value is -0.860. The van der Waals surface area contributed by atoms with Crippen LogP contribution in [-0.2, 0) is 5.54 Å². The summed E-state index contributed by atoms with van der Waals surface area (Å²) in [7, 11) is 2.24. The van der Waals surface area contributed by atoms with Gasteiger partial charge < -0.3 is 10.6 Å². The van der Waals surface area contributed by atoms with Crippen molar-refractivity contribution in [3.63, 3.8) is 0 Å². The van der Waals surface area contributed by atoms with Crippen LogP contribution in [0.2, 0.25) is 0 Å². The van der Waals surface area contributed by atoms with Gasteiger partial charge in [0.1, 0.15) is 0 Å². The zero-order valence-electron chi connectivity index (χ0n) is 12.1. The normalized spacial score (nSPS) is 27.6. The van der Waals surface area contributed by atoms with E-state index in [-0.39, 0.29) is 5.54 Å². The van der Waals surface area contributed by atoms with Gasteiger partial charge in [-0.05, 0) is 75.7 Å². The molecule has 1 unspecified atom stereocenters. The second-order valence-electron chi connectivity index (χ2n) is 6.53. The summed E-state index contributed by atoms with van der Waals surface area (Å²) in [6.07, 6.45) is 7.53. The molecule has 1 aromatic carbocycles. The number of nitrogens with zero attached hydrogens (tertiary/aromatic N) is 1. The maximum Gasteiger partial charge on any atom is 0.0412 e. The fourth-order valence-corrected chi connectivity index (χ4v) is 3.68. The average molecular weight is 258 g/mol. The highest BCUT2D eigenvalue weighted by Gasteiger charge is 2.37. The molecule has 0 aromatic heterocycles. The summed E-state index contributed by atoms with van der Waals surface area (Å²) < 4.78 is 0. The molecular weight excluding hydrogens is 232 g/mol. The monoisotopic (exact) mass is 258 g/mol. The molecule has 0 spiro atoms. The number of nitrogens with two attached hydrogens (primary N) is 1. The number of rotatable bonds is 2. The van der Waals surface area contributed by atoms with E-state index < -0.39 is 0 Å². The first-order valence-electron chi connectivity index (χ1n) is 7.76. The first-order valence-corrected chi connectivity index (χ1v) is 7.76.